The van der Waals surface area contributed by atoms with Gasteiger partial charge in [-0.05, 0) is 83.5 Å². The van der Waals surface area contributed by atoms with Crippen LogP contribution in [0, 0.1) is 12.7 Å². The van der Waals surface area contributed by atoms with Crippen molar-refractivity contribution < 1.29 is 13.9 Å². The molecule has 0 bridgehead atoms. The number of aryl methyl sites for hydroxylation is 1. The van der Waals surface area contributed by atoms with Crippen LogP contribution in [0.5, 0.6) is 0 Å². The van der Waals surface area contributed by atoms with Crippen LogP contribution in [0.15, 0.2) is 46.2 Å². The van der Waals surface area contributed by atoms with E-state index in [0.29, 0.717) is 40.6 Å². The number of carbonyl (C=O) groups is 1. The molecule has 3 aromatic heterocycles. The molecule has 0 radical (unpaired) electrons. The van der Waals surface area contributed by atoms with Crippen LogP contribution < -0.4 is 10.6 Å². The average molecular weight is 667 g/mol. The smallest absolute Gasteiger partial charge is 0.410 e. The van der Waals surface area contributed by atoms with Crippen molar-refractivity contribution in [1.82, 2.24) is 24.4 Å². The van der Waals surface area contributed by atoms with Crippen molar-refractivity contribution >= 4 is 46.3 Å². The second-order valence-corrected chi connectivity index (χ2v) is 14.3. The molecule has 0 spiro atoms. The van der Waals surface area contributed by atoms with Gasteiger partial charge in [0.25, 0.3) is 0 Å². The number of thioether (sulfide) groups is 1. The highest BCUT2D eigenvalue weighted by molar-refractivity contribution is 7.98. The quantitative estimate of drug-likeness (QED) is 0.201. The lowest BCUT2D eigenvalue weighted by atomic mass is 10.0. The number of amides is 1. The molecule has 0 unspecified atom stereocenters. The maximum Gasteiger partial charge on any atom is 0.410 e. The second kappa shape index (κ2) is 12.8. The fourth-order valence-electron chi connectivity index (χ4n) is 5.89. The van der Waals surface area contributed by atoms with Gasteiger partial charge in [-0.25, -0.2) is 23.5 Å². The molecule has 46 heavy (non-hydrogen) atoms. The van der Waals surface area contributed by atoms with Gasteiger partial charge in [0, 0.05) is 36.3 Å². The minimum atomic E-state index is -0.632. The van der Waals surface area contributed by atoms with E-state index in [1.165, 1.54) is 22.4 Å². The van der Waals surface area contributed by atoms with E-state index < -0.39 is 23.2 Å². The Kier molecular flexibility index (Phi) is 9.39. The highest BCUT2D eigenvalue weighted by Crippen LogP contribution is 2.39. The van der Waals surface area contributed by atoms with Crippen LogP contribution in [0.1, 0.15) is 65.6 Å². The number of hydrogen-bond donors (Lipinski definition) is 0. The summed E-state index contributed by atoms with van der Waals surface area (Å²) in [5, 5.41) is 0.749. The average Bonchev–Trinajstić information content (AvgIpc) is 2.97. The molecule has 1 aliphatic rings. The predicted molar refractivity (Wildman–Crippen MR) is 183 cm³/mol. The zero-order valence-electron chi connectivity index (χ0n) is 27.7. The summed E-state index contributed by atoms with van der Waals surface area (Å²) >= 11 is 8.32. The number of benzene rings is 1. The van der Waals surface area contributed by atoms with Crippen LogP contribution >= 0.6 is 23.4 Å². The van der Waals surface area contributed by atoms with E-state index in [2.05, 4.69) is 9.97 Å². The molecule has 1 saturated heterocycles. The van der Waals surface area contributed by atoms with Crippen molar-refractivity contribution in [2.24, 2.45) is 0 Å². The molecule has 0 N–H and O–H groups in total. The molecule has 5 rings (SSSR count). The Morgan fingerprint density at radius 2 is 1.85 bits per heavy atom. The number of nitrogens with zero attached hydrogens (tertiary/aromatic N) is 6. The summed E-state index contributed by atoms with van der Waals surface area (Å²) in [5.74, 6) is -0.0867. The number of fused-ring (bicyclic) bond motifs is 1. The Labute approximate surface area is 278 Å². The van der Waals surface area contributed by atoms with E-state index in [9.17, 15) is 9.59 Å². The molecule has 12 heteroatoms. The van der Waals surface area contributed by atoms with Crippen LogP contribution in [-0.4, -0.2) is 67.5 Å². The van der Waals surface area contributed by atoms with Gasteiger partial charge in [0.15, 0.2) is 5.65 Å². The molecule has 1 fully saturated rings. The Balaban J connectivity index is 1.77. The van der Waals surface area contributed by atoms with Crippen molar-refractivity contribution in [1.29, 1.82) is 0 Å². The lowest BCUT2D eigenvalue weighted by molar-refractivity contribution is 0.0130. The standard InChI is InChI=1S/C34H40ClFN6O3S/c1-18(2)27-29(19(3)13-14-37-27)42-31-22(15-23(35)28(38-31)26-24(36)11-10-12-25(26)46-9)30(39-32(42)43)40-16-21(5)41(17-20(40)4)33(44)45-34(6,7)8/h10-15,18,20-21H,16-17H2,1-9H3/t20-,21+/m0/s1. The van der Waals surface area contributed by atoms with Crippen LogP contribution in [-0.2, 0) is 4.74 Å². The third-order valence-electron chi connectivity index (χ3n) is 8.04. The summed E-state index contributed by atoms with van der Waals surface area (Å²) in [6.07, 6.45) is 3.19. The van der Waals surface area contributed by atoms with E-state index in [1.807, 2.05) is 78.7 Å². The zero-order valence-corrected chi connectivity index (χ0v) is 29.3. The van der Waals surface area contributed by atoms with Gasteiger partial charge in [-0.1, -0.05) is 31.5 Å². The minimum absolute atomic E-state index is 0.0141. The zero-order chi connectivity index (χ0) is 33.7. The Hall–Kier alpha value is -3.70. The predicted octanol–water partition coefficient (Wildman–Crippen LogP) is 7.62. The van der Waals surface area contributed by atoms with E-state index >= 15 is 4.39 Å². The summed E-state index contributed by atoms with van der Waals surface area (Å²) in [7, 11) is 0. The number of ether oxygens (including phenoxy) is 1. The van der Waals surface area contributed by atoms with E-state index in [4.69, 9.17) is 21.3 Å². The maximum atomic E-state index is 15.5. The van der Waals surface area contributed by atoms with Crippen molar-refractivity contribution in [3.63, 3.8) is 0 Å². The lowest BCUT2D eigenvalue weighted by Crippen LogP contribution is -2.59. The molecule has 4 heterocycles. The number of aromatic nitrogens is 4. The topological polar surface area (TPSA) is 93.5 Å². The number of hydrogen-bond acceptors (Lipinski definition) is 8. The summed E-state index contributed by atoms with van der Waals surface area (Å²) in [5.41, 5.74) is 1.71. The van der Waals surface area contributed by atoms with Crippen molar-refractivity contribution in [2.75, 3.05) is 24.2 Å². The molecule has 9 nitrogen and oxygen atoms in total. The summed E-state index contributed by atoms with van der Waals surface area (Å²) in [4.78, 5) is 45.9. The molecule has 0 aliphatic carbocycles. The van der Waals surface area contributed by atoms with Gasteiger partial charge in [0.2, 0.25) is 0 Å². The summed E-state index contributed by atoms with van der Waals surface area (Å²) in [6, 6.07) is 7.91. The number of carbonyl (C=O) groups excluding carboxylic acids is 1. The van der Waals surface area contributed by atoms with E-state index in [-0.39, 0.29) is 39.9 Å². The summed E-state index contributed by atoms with van der Waals surface area (Å²) in [6.45, 7) is 16.1. The third kappa shape index (κ3) is 6.31. The highest BCUT2D eigenvalue weighted by Gasteiger charge is 2.36. The van der Waals surface area contributed by atoms with Crippen molar-refractivity contribution in [3.8, 4) is 16.9 Å². The Morgan fingerprint density at radius 1 is 1.13 bits per heavy atom. The SMILES string of the molecule is CSc1cccc(F)c1-c1nc2c(cc1Cl)c(N1C[C@@H](C)N(C(=O)OC(C)(C)C)C[C@@H]1C)nc(=O)n2-c1c(C)ccnc1C(C)C. The van der Waals surface area contributed by atoms with Gasteiger partial charge >= 0.3 is 11.8 Å². The summed E-state index contributed by atoms with van der Waals surface area (Å²) < 4.78 is 22.6. The normalized spacial score (nSPS) is 17.2. The fraction of sp³-hybridized carbons (Fsp3) is 0.441. The second-order valence-electron chi connectivity index (χ2n) is 13.1. The van der Waals surface area contributed by atoms with Gasteiger partial charge in [-0.2, -0.15) is 4.98 Å². The van der Waals surface area contributed by atoms with E-state index in [0.717, 1.165) is 5.56 Å². The molecule has 244 valence electrons. The maximum absolute atomic E-state index is 15.5. The van der Waals surface area contributed by atoms with Gasteiger partial charge in [0.1, 0.15) is 17.2 Å². The molecule has 4 aromatic rings. The van der Waals surface area contributed by atoms with E-state index in [1.54, 1.807) is 23.2 Å². The first-order valence-electron chi connectivity index (χ1n) is 15.3. The van der Waals surface area contributed by atoms with Gasteiger partial charge in [-0.15, -0.1) is 11.8 Å². The third-order valence-corrected chi connectivity index (χ3v) is 9.11. The monoisotopic (exact) mass is 666 g/mol. The first kappa shape index (κ1) is 33.7. The molecule has 1 aliphatic heterocycles. The van der Waals surface area contributed by atoms with Crippen LogP contribution in [0.3, 0.4) is 0 Å². The number of piperazine rings is 1. The highest BCUT2D eigenvalue weighted by atomic mass is 35.5. The lowest BCUT2D eigenvalue weighted by Gasteiger charge is -2.44. The molecule has 1 amide bonds. The number of halogens is 2. The molecule has 0 saturated carbocycles. The molecule has 1 aromatic carbocycles. The number of rotatable bonds is 5. The van der Waals surface area contributed by atoms with Crippen molar-refractivity contribution in [2.45, 2.75) is 83.9 Å². The first-order valence-corrected chi connectivity index (χ1v) is 16.9. The first-order chi connectivity index (χ1) is 21.6. The fourth-order valence-corrected chi connectivity index (χ4v) is 6.75. The Bertz CT molecular complexity index is 1870. The largest absolute Gasteiger partial charge is 0.444 e. The van der Waals surface area contributed by atoms with Gasteiger partial charge in [-0.3, -0.25) is 4.98 Å². The molecular formula is C34H40ClFN6O3S. The van der Waals surface area contributed by atoms with Gasteiger partial charge < -0.3 is 14.5 Å². The van der Waals surface area contributed by atoms with Gasteiger partial charge in [0.05, 0.1) is 33.0 Å². The Morgan fingerprint density at radius 3 is 2.50 bits per heavy atom. The van der Waals surface area contributed by atoms with Crippen LogP contribution in [0.2, 0.25) is 5.02 Å². The molecular weight excluding hydrogens is 627 g/mol. The van der Waals surface area contributed by atoms with Crippen LogP contribution in [0.25, 0.3) is 28.0 Å². The number of anilines is 1. The van der Waals surface area contributed by atoms with Crippen molar-refractivity contribution in [3.05, 3.63) is 69.1 Å². The van der Waals surface area contributed by atoms with Crippen LogP contribution in [0.4, 0.5) is 15.0 Å². The minimum Gasteiger partial charge on any atom is -0.444 e. The molecule has 2 atom stereocenters. The number of pyridine rings is 2.